The molecule has 2 aliphatic heterocycles. The van der Waals surface area contributed by atoms with Gasteiger partial charge in [-0.1, -0.05) is 22.8 Å². The molecular formula is C22H20ClF2N3O4. The molecule has 1 saturated heterocycles. The molecule has 32 heavy (non-hydrogen) atoms. The van der Waals surface area contributed by atoms with E-state index in [0.717, 1.165) is 6.07 Å². The van der Waals surface area contributed by atoms with Crippen LogP contribution in [0.3, 0.4) is 0 Å². The molecule has 0 bridgehead atoms. The summed E-state index contributed by atoms with van der Waals surface area (Å²) >= 11 is 5.79. The number of amides is 1. The van der Waals surface area contributed by atoms with E-state index in [-0.39, 0.29) is 35.2 Å². The van der Waals surface area contributed by atoms with Crippen LogP contribution in [0.5, 0.6) is 0 Å². The quantitative estimate of drug-likeness (QED) is 0.665. The molecule has 1 amide bonds. The molecule has 2 aromatic carbocycles. The molecule has 0 spiro atoms. The molecule has 168 valence electrons. The van der Waals surface area contributed by atoms with Crippen LogP contribution >= 0.6 is 11.6 Å². The van der Waals surface area contributed by atoms with E-state index in [4.69, 9.17) is 16.3 Å². The summed E-state index contributed by atoms with van der Waals surface area (Å²) in [5.74, 6) is -2.43. The topological polar surface area (TPSA) is 89.0 Å². The SMILES string of the molecule is O=C1CC(c2cc(F)cc(C(=O)NC[C@@H]3CNCCO[C@H]3c3ccc(Cl)c(F)c3)c2)=NO1. The molecule has 7 nitrogen and oxygen atoms in total. The fourth-order valence-electron chi connectivity index (χ4n) is 3.70. The molecule has 2 heterocycles. The Balaban J connectivity index is 1.48. The van der Waals surface area contributed by atoms with Crippen molar-refractivity contribution in [2.24, 2.45) is 11.1 Å². The predicted molar refractivity (Wildman–Crippen MR) is 112 cm³/mol. The second kappa shape index (κ2) is 9.72. The van der Waals surface area contributed by atoms with Gasteiger partial charge in [-0.15, -0.1) is 0 Å². The lowest BCUT2D eigenvalue weighted by molar-refractivity contribution is -0.140. The third kappa shape index (κ3) is 5.12. The minimum atomic E-state index is -0.635. The molecule has 0 unspecified atom stereocenters. The zero-order valence-electron chi connectivity index (χ0n) is 16.9. The minimum absolute atomic E-state index is 0.0197. The summed E-state index contributed by atoms with van der Waals surface area (Å²) in [4.78, 5) is 28.5. The molecule has 2 N–H and O–H groups in total. The summed E-state index contributed by atoms with van der Waals surface area (Å²) in [6.07, 6.45) is -0.550. The van der Waals surface area contributed by atoms with Crippen molar-refractivity contribution in [3.8, 4) is 0 Å². The predicted octanol–water partition coefficient (Wildman–Crippen LogP) is 2.98. The van der Waals surface area contributed by atoms with Crippen molar-refractivity contribution in [3.63, 3.8) is 0 Å². The van der Waals surface area contributed by atoms with Gasteiger partial charge in [0.15, 0.2) is 0 Å². The Morgan fingerprint density at radius 1 is 1.25 bits per heavy atom. The van der Waals surface area contributed by atoms with Crippen molar-refractivity contribution in [2.45, 2.75) is 12.5 Å². The van der Waals surface area contributed by atoms with E-state index in [0.29, 0.717) is 30.8 Å². The van der Waals surface area contributed by atoms with Gasteiger partial charge >= 0.3 is 5.97 Å². The van der Waals surface area contributed by atoms with E-state index in [1.54, 1.807) is 6.07 Å². The first-order valence-corrected chi connectivity index (χ1v) is 10.4. The molecular weight excluding hydrogens is 444 g/mol. The van der Waals surface area contributed by atoms with Crippen LogP contribution in [0, 0.1) is 17.6 Å². The number of halogens is 3. The minimum Gasteiger partial charge on any atom is -0.372 e. The Labute approximate surface area is 187 Å². The molecule has 4 rings (SSSR count). The number of benzene rings is 2. The Bertz CT molecular complexity index is 1080. The lowest BCUT2D eigenvalue weighted by atomic mass is 9.95. The van der Waals surface area contributed by atoms with Gasteiger partial charge in [0.2, 0.25) is 0 Å². The van der Waals surface area contributed by atoms with Gasteiger partial charge in [-0.05, 0) is 35.9 Å². The Hall–Kier alpha value is -2.88. The van der Waals surface area contributed by atoms with Crippen molar-refractivity contribution in [1.82, 2.24) is 10.6 Å². The maximum absolute atomic E-state index is 14.1. The van der Waals surface area contributed by atoms with E-state index in [9.17, 15) is 18.4 Å². The maximum atomic E-state index is 14.1. The third-order valence-corrected chi connectivity index (χ3v) is 5.58. The third-order valence-electron chi connectivity index (χ3n) is 5.27. The molecule has 2 atom stereocenters. The van der Waals surface area contributed by atoms with Gasteiger partial charge in [-0.2, -0.15) is 0 Å². The van der Waals surface area contributed by atoms with Gasteiger partial charge in [-0.3, -0.25) is 4.79 Å². The Morgan fingerprint density at radius 3 is 2.84 bits per heavy atom. The van der Waals surface area contributed by atoms with Crippen LogP contribution in [-0.4, -0.2) is 43.8 Å². The van der Waals surface area contributed by atoms with Crippen molar-refractivity contribution >= 4 is 29.2 Å². The summed E-state index contributed by atoms with van der Waals surface area (Å²) in [6, 6.07) is 8.24. The van der Waals surface area contributed by atoms with E-state index in [2.05, 4.69) is 20.6 Å². The van der Waals surface area contributed by atoms with Gasteiger partial charge in [0.05, 0.1) is 29.9 Å². The lowest BCUT2D eigenvalue weighted by Gasteiger charge is -2.25. The number of rotatable bonds is 5. The molecule has 2 aromatic rings. The number of carbonyl (C=O) groups is 2. The smallest absolute Gasteiger partial charge is 0.341 e. The molecule has 2 aliphatic rings. The van der Waals surface area contributed by atoms with Gasteiger partial charge in [0, 0.05) is 36.7 Å². The van der Waals surface area contributed by atoms with Crippen LogP contribution in [-0.2, 0) is 14.4 Å². The van der Waals surface area contributed by atoms with Gasteiger partial charge in [0.1, 0.15) is 11.6 Å². The van der Waals surface area contributed by atoms with Crippen molar-refractivity contribution in [1.29, 1.82) is 0 Å². The van der Waals surface area contributed by atoms with Gasteiger partial charge < -0.3 is 20.2 Å². The summed E-state index contributed by atoms with van der Waals surface area (Å²) in [7, 11) is 0. The number of nitrogens with zero attached hydrogens (tertiary/aromatic N) is 1. The molecule has 0 aromatic heterocycles. The average Bonchev–Trinajstić information content (AvgIpc) is 3.07. The molecule has 0 radical (unpaired) electrons. The number of hydrogen-bond donors (Lipinski definition) is 2. The summed E-state index contributed by atoms with van der Waals surface area (Å²) in [5.41, 5.74) is 1.26. The first-order chi connectivity index (χ1) is 15.4. The van der Waals surface area contributed by atoms with Crippen molar-refractivity contribution in [2.75, 3.05) is 26.2 Å². The highest BCUT2D eigenvalue weighted by atomic mass is 35.5. The fraction of sp³-hybridized carbons (Fsp3) is 0.318. The molecule has 0 aliphatic carbocycles. The highest BCUT2D eigenvalue weighted by Gasteiger charge is 2.28. The number of oxime groups is 1. The molecule has 10 heteroatoms. The van der Waals surface area contributed by atoms with E-state index in [1.165, 1.54) is 24.3 Å². The summed E-state index contributed by atoms with van der Waals surface area (Å²) in [6.45, 7) is 1.78. The van der Waals surface area contributed by atoms with Gasteiger partial charge in [0.25, 0.3) is 5.91 Å². The van der Waals surface area contributed by atoms with Crippen LogP contribution in [0.2, 0.25) is 5.02 Å². The number of nitrogens with one attached hydrogen (secondary N) is 2. The van der Waals surface area contributed by atoms with E-state index < -0.39 is 29.6 Å². The Kier molecular flexibility index (Phi) is 6.78. The molecule has 0 saturated carbocycles. The zero-order valence-corrected chi connectivity index (χ0v) is 17.6. The van der Waals surface area contributed by atoms with E-state index >= 15 is 0 Å². The second-order valence-electron chi connectivity index (χ2n) is 7.55. The largest absolute Gasteiger partial charge is 0.372 e. The summed E-state index contributed by atoms with van der Waals surface area (Å²) < 4.78 is 34.0. The molecule has 1 fully saturated rings. The number of carbonyl (C=O) groups excluding carboxylic acids is 2. The standard InChI is InChI=1S/C22H20ClF2N3O4/c23-17-2-1-12(8-18(17)25)21-15(10-26-3-4-31-21)11-27-22(30)14-5-13(6-16(24)7-14)19-9-20(29)32-28-19/h1-2,5-8,15,21,26H,3-4,9-11H2,(H,27,30)/t15-,21-/m0/s1. The van der Waals surface area contributed by atoms with Crippen molar-refractivity contribution < 1.29 is 27.9 Å². The van der Waals surface area contributed by atoms with Gasteiger partial charge in [-0.25, -0.2) is 13.6 Å². The number of hydrogen-bond acceptors (Lipinski definition) is 6. The van der Waals surface area contributed by atoms with Crippen molar-refractivity contribution in [3.05, 3.63) is 69.7 Å². The summed E-state index contributed by atoms with van der Waals surface area (Å²) in [5, 5.41) is 9.66. The average molecular weight is 464 g/mol. The highest BCUT2D eigenvalue weighted by molar-refractivity contribution is 6.30. The van der Waals surface area contributed by atoms with E-state index in [1.807, 2.05) is 0 Å². The monoisotopic (exact) mass is 463 g/mol. The normalized spacial score (nSPS) is 21.0. The van der Waals surface area contributed by atoms with Crippen LogP contribution in [0.4, 0.5) is 8.78 Å². The van der Waals surface area contributed by atoms with Crippen LogP contribution < -0.4 is 10.6 Å². The van der Waals surface area contributed by atoms with Crippen LogP contribution in [0.1, 0.15) is 34.0 Å². The zero-order chi connectivity index (χ0) is 22.7. The first kappa shape index (κ1) is 22.3. The van der Waals surface area contributed by atoms with Crippen LogP contribution in [0.25, 0.3) is 0 Å². The number of ether oxygens (including phenoxy) is 1. The first-order valence-electron chi connectivity index (χ1n) is 10.0. The highest BCUT2D eigenvalue weighted by Crippen LogP contribution is 2.29. The van der Waals surface area contributed by atoms with Crippen LogP contribution in [0.15, 0.2) is 41.6 Å². The second-order valence-corrected chi connectivity index (χ2v) is 7.95. The maximum Gasteiger partial charge on any atom is 0.341 e. The lowest BCUT2D eigenvalue weighted by Crippen LogP contribution is -2.36. The fourth-order valence-corrected chi connectivity index (χ4v) is 3.82. The Morgan fingerprint density at radius 2 is 2.09 bits per heavy atom.